The molecule has 1 aromatic rings. The maximum atomic E-state index is 9.21. The van der Waals surface area contributed by atoms with Crippen molar-refractivity contribution in [3.05, 3.63) is 17.7 Å². The summed E-state index contributed by atoms with van der Waals surface area (Å²) < 4.78 is 2.30. The summed E-state index contributed by atoms with van der Waals surface area (Å²) in [5, 5.41) is 9.21. The number of hydrogen-bond acceptors (Lipinski definition) is 3. The summed E-state index contributed by atoms with van der Waals surface area (Å²) in [5.41, 5.74) is 1.27. The summed E-state index contributed by atoms with van der Waals surface area (Å²) in [4.78, 5) is 4.76. The van der Waals surface area contributed by atoms with Gasteiger partial charge in [0.2, 0.25) is 0 Å². The van der Waals surface area contributed by atoms with Crippen molar-refractivity contribution in [2.45, 2.75) is 32.2 Å². The number of aliphatic hydroxyl groups is 1. The van der Waals surface area contributed by atoms with Gasteiger partial charge in [-0.1, -0.05) is 0 Å². The standard InChI is InChI=1S/C13H20N2OS/c16-8-10-1-3-15-7-12(14-13(15)6-10)5-11-2-4-17-9-11/h7,10-11,16H,1-6,8-9H2. The van der Waals surface area contributed by atoms with E-state index in [0.29, 0.717) is 12.5 Å². The Hall–Kier alpha value is -0.480. The van der Waals surface area contributed by atoms with E-state index in [1.807, 2.05) is 0 Å². The number of fused-ring (bicyclic) bond motifs is 1. The fraction of sp³-hybridized carbons (Fsp3) is 0.769. The molecule has 1 aromatic heterocycles. The molecule has 3 heterocycles. The third-order valence-electron chi connectivity index (χ3n) is 3.94. The van der Waals surface area contributed by atoms with Crippen LogP contribution in [-0.4, -0.2) is 32.8 Å². The molecule has 1 fully saturated rings. The van der Waals surface area contributed by atoms with Crippen molar-refractivity contribution in [3.8, 4) is 0 Å². The zero-order valence-electron chi connectivity index (χ0n) is 10.1. The topological polar surface area (TPSA) is 38.0 Å². The van der Waals surface area contributed by atoms with Crippen LogP contribution < -0.4 is 0 Å². The molecule has 0 saturated carbocycles. The molecule has 3 nitrogen and oxygen atoms in total. The molecule has 94 valence electrons. The minimum Gasteiger partial charge on any atom is -0.396 e. The van der Waals surface area contributed by atoms with Crippen LogP contribution in [0.5, 0.6) is 0 Å². The zero-order chi connectivity index (χ0) is 11.7. The zero-order valence-corrected chi connectivity index (χ0v) is 11.0. The van der Waals surface area contributed by atoms with Gasteiger partial charge in [-0.2, -0.15) is 11.8 Å². The minimum atomic E-state index is 0.307. The monoisotopic (exact) mass is 252 g/mol. The number of thioether (sulfide) groups is 1. The van der Waals surface area contributed by atoms with Crippen molar-refractivity contribution < 1.29 is 5.11 Å². The van der Waals surface area contributed by atoms with Gasteiger partial charge in [0.05, 0.1) is 5.69 Å². The quantitative estimate of drug-likeness (QED) is 0.890. The predicted molar refractivity (Wildman–Crippen MR) is 70.3 cm³/mol. The lowest BCUT2D eigenvalue weighted by molar-refractivity contribution is 0.199. The molecule has 0 spiro atoms. The maximum Gasteiger partial charge on any atom is 0.109 e. The molecule has 3 rings (SSSR count). The summed E-state index contributed by atoms with van der Waals surface area (Å²) in [6.07, 6.45) is 6.79. The van der Waals surface area contributed by atoms with Gasteiger partial charge in [0.1, 0.15) is 5.82 Å². The average Bonchev–Trinajstić information content (AvgIpc) is 2.96. The van der Waals surface area contributed by atoms with E-state index in [2.05, 4.69) is 22.5 Å². The van der Waals surface area contributed by atoms with Crippen molar-refractivity contribution in [2.75, 3.05) is 18.1 Å². The van der Waals surface area contributed by atoms with E-state index >= 15 is 0 Å². The number of nitrogens with zero attached hydrogens (tertiary/aromatic N) is 2. The summed E-state index contributed by atoms with van der Waals surface area (Å²) in [6.45, 7) is 1.34. The normalized spacial score (nSPS) is 28.3. The molecule has 2 aliphatic rings. The van der Waals surface area contributed by atoms with Gasteiger partial charge in [-0.05, 0) is 42.6 Å². The summed E-state index contributed by atoms with van der Waals surface area (Å²) in [7, 11) is 0. The van der Waals surface area contributed by atoms with Gasteiger partial charge in [-0.3, -0.25) is 0 Å². The van der Waals surface area contributed by atoms with Crippen LogP contribution in [0.1, 0.15) is 24.4 Å². The summed E-state index contributed by atoms with van der Waals surface area (Å²) in [6, 6.07) is 0. The second-order valence-electron chi connectivity index (χ2n) is 5.32. The molecular weight excluding hydrogens is 232 g/mol. The molecule has 17 heavy (non-hydrogen) atoms. The van der Waals surface area contributed by atoms with E-state index in [4.69, 9.17) is 4.98 Å². The Labute approximate surface area is 107 Å². The molecule has 0 aromatic carbocycles. The van der Waals surface area contributed by atoms with Crippen LogP contribution in [0, 0.1) is 11.8 Å². The minimum absolute atomic E-state index is 0.307. The highest BCUT2D eigenvalue weighted by Crippen LogP contribution is 2.27. The van der Waals surface area contributed by atoms with Crippen LogP contribution in [0.15, 0.2) is 6.20 Å². The Morgan fingerprint density at radius 3 is 3.12 bits per heavy atom. The SMILES string of the molecule is OCC1CCn2cc(CC3CCSC3)nc2C1. The summed E-state index contributed by atoms with van der Waals surface area (Å²) >= 11 is 2.07. The first-order chi connectivity index (χ1) is 8.35. The number of rotatable bonds is 3. The molecule has 0 radical (unpaired) electrons. The third kappa shape index (κ3) is 2.52. The number of aliphatic hydroxyl groups excluding tert-OH is 1. The first-order valence-electron chi connectivity index (χ1n) is 6.58. The van der Waals surface area contributed by atoms with Gasteiger partial charge in [0.15, 0.2) is 0 Å². The molecule has 0 aliphatic carbocycles. The third-order valence-corrected chi connectivity index (χ3v) is 5.17. The molecule has 1 N–H and O–H groups in total. The first kappa shape index (κ1) is 11.6. The largest absolute Gasteiger partial charge is 0.396 e. The number of hydrogen-bond donors (Lipinski definition) is 1. The van der Waals surface area contributed by atoms with Crippen LogP contribution in [-0.2, 0) is 19.4 Å². The lowest BCUT2D eigenvalue weighted by Crippen LogP contribution is -2.21. The Bertz CT molecular complexity index is 385. The van der Waals surface area contributed by atoms with Gasteiger partial charge in [-0.25, -0.2) is 4.98 Å². The van der Waals surface area contributed by atoms with E-state index in [1.54, 1.807) is 0 Å². The highest BCUT2D eigenvalue weighted by Gasteiger charge is 2.22. The predicted octanol–water partition coefficient (Wildman–Crippen LogP) is 1.73. The Morgan fingerprint density at radius 1 is 1.41 bits per heavy atom. The van der Waals surface area contributed by atoms with Crippen molar-refractivity contribution in [2.24, 2.45) is 11.8 Å². The number of aryl methyl sites for hydroxylation is 1. The second kappa shape index (κ2) is 5.02. The lowest BCUT2D eigenvalue weighted by atomic mass is 9.99. The van der Waals surface area contributed by atoms with Gasteiger partial charge >= 0.3 is 0 Å². The Kier molecular flexibility index (Phi) is 3.43. The number of aromatic nitrogens is 2. The molecule has 2 unspecified atom stereocenters. The van der Waals surface area contributed by atoms with Crippen LogP contribution in [0.4, 0.5) is 0 Å². The van der Waals surface area contributed by atoms with Crippen LogP contribution in [0.3, 0.4) is 0 Å². The lowest BCUT2D eigenvalue weighted by Gasteiger charge is -2.20. The maximum absolute atomic E-state index is 9.21. The molecule has 2 aliphatic heterocycles. The van der Waals surface area contributed by atoms with E-state index < -0.39 is 0 Å². The Balaban J connectivity index is 1.69. The van der Waals surface area contributed by atoms with Crippen molar-refractivity contribution >= 4 is 11.8 Å². The van der Waals surface area contributed by atoms with Crippen molar-refractivity contribution in [1.82, 2.24) is 9.55 Å². The molecule has 0 bridgehead atoms. The van der Waals surface area contributed by atoms with E-state index in [9.17, 15) is 5.11 Å². The smallest absolute Gasteiger partial charge is 0.109 e. The van der Waals surface area contributed by atoms with E-state index in [1.165, 1.54) is 29.4 Å². The molecule has 1 saturated heterocycles. The molecule has 0 amide bonds. The van der Waals surface area contributed by atoms with Crippen LogP contribution in [0.25, 0.3) is 0 Å². The van der Waals surface area contributed by atoms with E-state index in [-0.39, 0.29) is 0 Å². The first-order valence-corrected chi connectivity index (χ1v) is 7.74. The average molecular weight is 252 g/mol. The van der Waals surface area contributed by atoms with Gasteiger partial charge in [-0.15, -0.1) is 0 Å². The van der Waals surface area contributed by atoms with Crippen LogP contribution in [0.2, 0.25) is 0 Å². The van der Waals surface area contributed by atoms with Crippen molar-refractivity contribution in [3.63, 3.8) is 0 Å². The Morgan fingerprint density at radius 2 is 2.35 bits per heavy atom. The number of imidazole rings is 1. The highest BCUT2D eigenvalue weighted by atomic mass is 32.2. The van der Waals surface area contributed by atoms with E-state index in [0.717, 1.165) is 31.7 Å². The fourth-order valence-electron chi connectivity index (χ4n) is 2.85. The van der Waals surface area contributed by atoms with Crippen LogP contribution >= 0.6 is 11.8 Å². The van der Waals surface area contributed by atoms with Gasteiger partial charge in [0.25, 0.3) is 0 Å². The molecule has 4 heteroatoms. The van der Waals surface area contributed by atoms with Gasteiger partial charge < -0.3 is 9.67 Å². The van der Waals surface area contributed by atoms with Crippen molar-refractivity contribution in [1.29, 1.82) is 0 Å². The summed E-state index contributed by atoms with van der Waals surface area (Å²) in [5.74, 6) is 5.09. The fourth-order valence-corrected chi connectivity index (χ4v) is 4.13. The second-order valence-corrected chi connectivity index (χ2v) is 6.47. The molecule has 2 atom stereocenters. The highest BCUT2D eigenvalue weighted by molar-refractivity contribution is 7.99. The van der Waals surface area contributed by atoms with Gasteiger partial charge in [0, 0.05) is 25.8 Å². The molecular formula is C13H20N2OS.